The molecule has 152 valence electrons. The summed E-state index contributed by atoms with van der Waals surface area (Å²) in [5.74, 6) is -0.607. The second-order valence-corrected chi connectivity index (χ2v) is 7.62. The van der Waals surface area contributed by atoms with E-state index in [0.717, 1.165) is 29.4 Å². The van der Waals surface area contributed by atoms with Crippen LogP contribution in [-0.2, 0) is 13.0 Å². The van der Waals surface area contributed by atoms with Crippen molar-refractivity contribution >= 4 is 11.4 Å². The average molecular weight is 407 g/mol. The van der Waals surface area contributed by atoms with Gasteiger partial charge in [0.2, 0.25) is 0 Å². The van der Waals surface area contributed by atoms with E-state index in [9.17, 15) is 13.6 Å². The Morgan fingerprint density at radius 1 is 1.23 bits per heavy atom. The van der Waals surface area contributed by atoms with Crippen LogP contribution >= 0.6 is 0 Å². The number of rotatable bonds is 3. The van der Waals surface area contributed by atoms with Crippen molar-refractivity contribution in [2.75, 3.05) is 0 Å². The van der Waals surface area contributed by atoms with Crippen molar-refractivity contribution in [2.24, 2.45) is 0 Å². The van der Waals surface area contributed by atoms with Gasteiger partial charge in [-0.25, -0.2) is 18.3 Å². The molecule has 1 amide bonds. The Morgan fingerprint density at radius 3 is 2.93 bits per heavy atom. The molecule has 30 heavy (non-hydrogen) atoms. The normalized spacial score (nSPS) is 15.9. The third kappa shape index (κ3) is 3.24. The highest BCUT2D eigenvalue weighted by Gasteiger charge is 2.24. The van der Waals surface area contributed by atoms with E-state index in [0.29, 0.717) is 24.2 Å². The van der Waals surface area contributed by atoms with E-state index in [2.05, 4.69) is 15.4 Å². The van der Waals surface area contributed by atoms with Crippen LogP contribution < -0.4 is 5.32 Å². The molecule has 6 nitrogen and oxygen atoms in total. The van der Waals surface area contributed by atoms with Crippen LogP contribution in [-0.4, -0.2) is 31.1 Å². The van der Waals surface area contributed by atoms with E-state index in [4.69, 9.17) is 0 Å². The Hall–Kier alpha value is -3.55. The topological polar surface area (TPSA) is 64.2 Å². The van der Waals surface area contributed by atoms with Gasteiger partial charge in [-0.1, -0.05) is 0 Å². The molecule has 5 rings (SSSR count). The fourth-order valence-corrected chi connectivity index (χ4v) is 3.91. The Bertz CT molecular complexity index is 1280. The molecule has 3 aromatic heterocycles. The van der Waals surface area contributed by atoms with Crippen LogP contribution in [0.3, 0.4) is 0 Å². The highest BCUT2D eigenvalue weighted by molar-refractivity contribution is 6.00. The number of halogens is 2. The fourth-order valence-electron chi connectivity index (χ4n) is 3.91. The Morgan fingerprint density at radius 2 is 2.10 bits per heavy atom. The zero-order chi connectivity index (χ0) is 20.8. The molecule has 1 unspecified atom stereocenters. The van der Waals surface area contributed by atoms with Gasteiger partial charge in [0.25, 0.3) is 5.91 Å². The van der Waals surface area contributed by atoms with Crippen LogP contribution in [0.25, 0.3) is 16.8 Å². The molecule has 0 saturated heterocycles. The van der Waals surface area contributed by atoms with Gasteiger partial charge in [0.05, 0.1) is 23.0 Å². The van der Waals surface area contributed by atoms with Crippen molar-refractivity contribution in [3.8, 4) is 11.3 Å². The second kappa shape index (κ2) is 7.05. The zero-order valence-corrected chi connectivity index (χ0v) is 16.3. The SMILES string of the molecule is Cc1ccn2ncc(C(=O)NC3CCc4nc(-c5ccc(F)cc5F)cn4C3)c2c1. The standard InChI is InChI=1S/C22H19F2N5O/c1-13-6-7-29-20(8-13)17(10-25-29)22(30)26-15-3-5-21-27-19(12-28(21)11-15)16-4-2-14(23)9-18(16)24/h2,4,6-10,12,15H,3,5,11H2,1H3,(H,26,30). The van der Waals surface area contributed by atoms with Crippen molar-refractivity contribution in [1.29, 1.82) is 0 Å². The smallest absolute Gasteiger partial charge is 0.255 e. The van der Waals surface area contributed by atoms with Crippen molar-refractivity contribution in [3.63, 3.8) is 0 Å². The molecule has 0 fully saturated rings. The largest absolute Gasteiger partial charge is 0.347 e. The van der Waals surface area contributed by atoms with Crippen LogP contribution in [0.4, 0.5) is 8.78 Å². The third-order valence-corrected chi connectivity index (χ3v) is 5.46. The summed E-state index contributed by atoms with van der Waals surface area (Å²) in [6, 6.07) is 7.26. The van der Waals surface area contributed by atoms with Gasteiger partial charge in [-0.15, -0.1) is 0 Å². The second-order valence-electron chi connectivity index (χ2n) is 7.62. The summed E-state index contributed by atoms with van der Waals surface area (Å²) in [7, 11) is 0. The van der Waals surface area contributed by atoms with E-state index < -0.39 is 11.6 Å². The first-order chi connectivity index (χ1) is 14.5. The predicted molar refractivity (Wildman–Crippen MR) is 107 cm³/mol. The van der Waals surface area contributed by atoms with E-state index in [1.807, 2.05) is 29.8 Å². The molecule has 0 aliphatic carbocycles. The van der Waals surface area contributed by atoms with Crippen molar-refractivity contribution in [2.45, 2.75) is 32.4 Å². The van der Waals surface area contributed by atoms with E-state index in [-0.39, 0.29) is 17.5 Å². The Kier molecular flexibility index (Phi) is 4.34. The van der Waals surface area contributed by atoms with Gasteiger partial charge in [0.15, 0.2) is 0 Å². The number of pyridine rings is 1. The minimum Gasteiger partial charge on any atom is -0.347 e. The summed E-state index contributed by atoms with van der Waals surface area (Å²) >= 11 is 0. The van der Waals surface area contributed by atoms with Gasteiger partial charge in [-0.3, -0.25) is 4.79 Å². The molecule has 0 saturated carbocycles. The number of nitrogens with zero attached hydrogens (tertiary/aromatic N) is 4. The molecule has 0 spiro atoms. The summed E-state index contributed by atoms with van der Waals surface area (Å²) in [6.07, 6.45) is 6.54. The number of nitrogens with one attached hydrogen (secondary N) is 1. The molecule has 1 atom stereocenters. The number of hydrogen-bond donors (Lipinski definition) is 1. The van der Waals surface area contributed by atoms with Crippen LogP contribution in [0.2, 0.25) is 0 Å². The van der Waals surface area contributed by atoms with Crippen LogP contribution in [0.15, 0.2) is 48.9 Å². The average Bonchev–Trinajstić information content (AvgIpc) is 3.31. The Labute approximate surface area is 171 Å². The number of hydrogen-bond acceptors (Lipinski definition) is 3. The van der Waals surface area contributed by atoms with Crippen LogP contribution in [0.1, 0.15) is 28.2 Å². The quantitative estimate of drug-likeness (QED) is 0.565. The molecule has 0 bridgehead atoms. The van der Waals surface area contributed by atoms with Gasteiger partial charge in [0.1, 0.15) is 17.5 Å². The summed E-state index contributed by atoms with van der Waals surface area (Å²) in [5, 5.41) is 7.32. The van der Waals surface area contributed by atoms with Crippen molar-refractivity contribution in [1.82, 2.24) is 24.5 Å². The predicted octanol–water partition coefficient (Wildman–Crippen LogP) is 3.53. The molecule has 1 aromatic carbocycles. The van der Waals surface area contributed by atoms with E-state index in [1.54, 1.807) is 16.9 Å². The molecule has 1 aliphatic rings. The van der Waals surface area contributed by atoms with Crippen molar-refractivity contribution in [3.05, 3.63) is 77.5 Å². The molecule has 4 heterocycles. The van der Waals surface area contributed by atoms with E-state index in [1.165, 1.54) is 12.1 Å². The molecule has 8 heteroatoms. The van der Waals surface area contributed by atoms with Crippen molar-refractivity contribution < 1.29 is 13.6 Å². The third-order valence-electron chi connectivity index (χ3n) is 5.46. The number of carbonyl (C=O) groups excluding carboxylic acids is 1. The van der Waals surface area contributed by atoms with Crippen LogP contribution in [0.5, 0.6) is 0 Å². The molecular formula is C22H19F2N5O. The number of carbonyl (C=O) groups is 1. The molecule has 1 N–H and O–H groups in total. The number of benzene rings is 1. The highest BCUT2D eigenvalue weighted by atomic mass is 19.1. The summed E-state index contributed by atoms with van der Waals surface area (Å²) in [5.41, 5.74) is 3.08. The summed E-state index contributed by atoms with van der Waals surface area (Å²) in [6.45, 7) is 2.51. The number of aryl methyl sites for hydroxylation is 2. The number of fused-ring (bicyclic) bond motifs is 2. The first-order valence-corrected chi connectivity index (χ1v) is 9.74. The molecule has 1 aliphatic heterocycles. The monoisotopic (exact) mass is 407 g/mol. The van der Waals surface area contributed by atoms with Gasteiger partial charge in [-0.05, 0) is 43.2 Å². The lowest BCUT2D eigenvalue weighted by Gasteiger charge is -2.24. The van der Waals surface area contributed by atoms with Gasteiger partial charge < -0.3 is 9.88 Å². The number of imidazole rings is 1. The van der Waals surface area contributed by atoms with Gasteiger partial charge >= 0.3 is 0 Å². The fraction of sp³-hybridized carbons (Fsp3) is 0.227. The first-order valence-electron chi connectivity index (χ1n) is 9.74. The van der Waals surface area contributed by atoms with Gasteiger partial charge in [-0.2, -0.15) is 5.10 Å². The number of aromatic nitrogens is 4. The maximum atomic E-state index is 14.1. The molecule has 0 radical (unpaired) electrons. The highest BCUT2D eigenvalue weighted by Crippen LogP contribution is 2.25. The molecular weight excluding hydrogens is 388 g/mol. The summed E-state index contributed by atoms with van der Waals surface area (Å²) in [4.78, 5) is 17.3. The summed E-state index contributed by atoms with van der Waals surface area (Å²) < 4.78 is 30.9. The van der Waals surface area contributed by atoms with Crippen LogP contribution in [0, 0.1) is 18.6 Å². The minimum absolute atomic E-state index is 0.0788. The lowest BCUT2D eigenvalue weighted by atomic mass is 10.1. The maximum absolute atomic E-state index is 14.1. The van der Waals surface area contributed by atoms with E-state index >= 15 is 0 Å². The lowest BCUT2D eigenvalue weighted by molar-refractivity contribution is 0.0929. The zero-order valence-electron chi connectivity index (χ0n) is 16.3. The number of amides is 1. The lowest BCUT2D eigenvalue weighted by Crippen LogP contribution is -2.40. The first kappa shape index (κ1) is 18.5. The van der Waals surface area contributed by atoms with Gasteiger partial charge in [0, 0.05) is 43.0 Å². The molecule has 4 aromatic rings. The Balaban J connectivity index is 1.35. The maximum Gasteiger partial charge on any atom is 0.255 e. The minimum atomic E-state index is -0.640.